The van der Waals surface area contributed by atoms with E-state index in [1.165, 1.54) is 18.2 Å². The van der Waals surface area contributed by atoms with E-state index in [-0.39, 0.29) is 25.0 Å². The number of hydrogen-bond donors (Lipinski definition) is 1. The third kappa shape index (κ3) is 3.94. The summed E-state index contributed by atoms with van der Waals surface area (Å²) in [7, 11) is 0. The number of carbonyl (C=O) groups excluding carboxylic acids is 1. The summed E-state index contributed by atoms with van der Waals surface area (Å²) < 4.78 is 32.7. The van der Waals surface area contributed by atoms with Crippen molar-refractivity contribution in [3.8, 4) is 5.75 Å². The topological polar surface area (TPSA) is 38.3 Å². The molecule has 0 spiro atoms. The molecule has 0 radical (unpaired) electrons. The normalized spacial score (nSPS) is 21.3. The van der Waals surface area contributed by atoms with Crippen LogP contribution in [0.2, 0.25) is 10.0 Å². The maximum absolute atomic E-state index is 14.1. The fourth-order valence-electron chi connectivity index (χ4n) is 3.14. The first kappa shape index (κ1) is 18.9. The largest absolute Gasteiger partial charge is 0.482 e. The summed E-state index contributed by atoms with van der Waals surface area (Å²) in [5.41, 5.74) is -0.0842. The average Bonchev–Trinajstić information content (AvgIpc) is 3.23. The minimum Gasteiger partial charge on any atom is -0.482 e. The van der Waals surface area contributed by atoms with Gasteiger partial charge in [0.05, 0.1) is 5.02 Å². The van der Waals surface area contributed by atoms with E-state index < -0.39 is 17.0 Å². The van der Waals surface area contributed by atoms with E-state index >= 15 is 0 Å². The van der Waals surface area contributed by atoms with Gasteiger partial charge in [-0.2, -0.15) is 0 Å². The number of ether oxygens (including phenoxy) is 1. The summed E-state index contributed by atoms with van der Waals surface area (Å²) in [6, 6.07) is 8.27. The van der Waals surface area contributed by atoms with E-state index in [0.29, 0.717) is 21.4 Å². The number of carbonyl (C=O) groups is 1. The van der Waals surface area contributed by atoms with Crippen molar-refractivity contribution in [2.45, 2.75) is 18.8 Å². The van der Waals surface area contributed by atoms with Crippen LogP contribution in [0.1, 0.15) is 18.9 Å². The van der Waals surface area contributed by atoms with E-state index in [4.69, 9.17) is 27.9 Å². The molecule has 2 aromatic rings. The van der Waals surface area contributed by atoms with Crippen molar-refractivity contribution in [3.63, 3.8) is 0 Å². The lowest BCUT2D eigenvalue weighted by molar-refractivity contribution is -0.123. The van der Waals surface area contributed by atoms with Crippen molar-refractivity contribution in [1.82, 2.24) is 5.32 Å². The lowest BCUT2D eigenvalue weighted by Gasteiger charge is -2.19. The predicted molar refractivity (Wildman–Crippen MR) is 96.8 cm³/mol. The van der Waals surface area contributed by atoms with Crippen LogP contribution in [-0.4, -0.2) is 19.1 Å². The zero-order chi connectivity index (χ0) is 18.9. The molecule has 0 bridgehead atoms. The summed E-state index contributed by atoms with van der Waals surface area (Å²) in [6.45, 7) is 2.00. The second kappa shape index (κ2) is 7.41. The van der Waals surface area contributed by atoms with Crippen molar-refractivity contribution in [3.05, 3.63) is 63.6 Å². The second-order valence-corrected chi connectivity index (χ2v) is 7.37. The number of benzene rings is 2. The molecule has 1 aliphatic carbocycles. The van der Waals surface area contributed by atoms with E-state index in [9.17, 15) is 13.6 Å². The second-order valence-electron chi connectivity index (χ2n) is 6.53. The maximum atomic E-state index is 14.1. The van der Waals surface area contributed by atoms with Gasteiger partial charge in [-0.15, -0.1) is 0 Å². The van der Waals surface area contributed by atoms with E-state index in [0.717, 1.165) is 12.5 Å². The third-order valence-electron chi connectivity index (χ3n) is 4.77. The Labute approximate surface area is 160 Å². The zero-order valence-corrected chi connectivity index (χ0v) is 15.5. The molecule has 1 aliphatic rings. The zero-order valence-electron chi connectivity index (χ0n) is 14.0. The predicted octanol–water partition coefficient (Wildman–Crippen LogP) is 4.74. The molecule has 1 saturated carbocycles. The van der Waals surface area contributed by atoms with Crippen LogP contribution in [-0.2, 0) is 10.2 Å². The lowest BCUT2D eigenvalue weighted by atomic mass is 9.92. The van der Waals surface area contributed by atoms with Crippen LogP contribution in [0, 0.1) is 17.6 Å². The Hall–Kier alpha value is -1.85. The minimum absolute atomic E-state index is 0.189. The van der Waals surface area contributed by atoms with Gasteiger partial charge in [-0.1, -0.05) is 36.2 Å². The van der Waals surface area contributed by atoms with Crippen molar-refractivity contribution in [2.75, 3.05) is 13.2 Å². The molecular formula is C19H17Cl2F2NO2. The van der Waals surface area contributed by atoms with Crippen molar-refractivity contribution >= 4 is 29.1 Å². The van der Waals surface area contributed by atoms with E-state index in [1.54, 1.807) is 12.1 Å². The van der Waals surface area contributed by atoms with Gasteiger partial charge in [-0.3, -0.25) is 4.79 Å². The Morgan fingerprint density at radius 3 is 2.62 bits per heavy atom. The monoisotopic (exact) mass is 399 g/mol. The molecular weight excluding hydrogens is 383 g/mol. The Bertz CT molecular complexity index is 846. The quantitative estimate of drug-likeness (QED) is 0.761. The highest BCUT2D eigenvalue weighted by molar-refractivity contribution is 6.35. The summed E-state index contributed by atoms with van der Waals surface area (Å²) in [6.07, 6.45) is 0.722. The van der Waals surface area contributed by atoms with Gasteiger partial charge >= 0.3 is 0 Å². The first-order valence-electron chi connectivity index (χ1n) is 8.12. The molecule has 1 N–H and O–H groups in total. The molecule has 0 saturated heterocycles. The average molecular weight is 400 g/mol. The van der Waals surface area contributed by atoms with Crippen LogP contribution in [0.3, 0.4) is 0 Å². The summed E-state index contributed by atoms with van der Waals surface area (Å²) >= 11 is 11.8. The molecule has 2 atom stereocenters. The van der Waals surface area contributed by atoms with Gasteiger partial charge in [-0.05, 0) is 42.2 Å². The molecule has 0 aliphatic heterocycles. The standard InChI is InChI=1S/C19H17Cl2F2NO2/c1-11-8-19(11,14-4-3-13(22)7-16(14)23)10-24-18(25)9-26-17-5-2-12(20)6-15(17)21/h2-7,11H,8-10H2,1H3,(H,24,25). The van der Waals surface area contributed by atoms with Gasteiger partial charge in [0, 0.05) is 23.0 Å². The first-order valence-corrected chi connectivity index (χ1v) is 8.87. The van der Waals surface area contributed by atoms with E-state index in [1.807, 2.05) is 6.92 Å². The molecule has 1 amide bonds. The Kier molecular flexibility index (Phi) is 5.39. The molecule has 1 fully saturated rings. The summed E-state index contributed by atoms with van der Waals surface area (Å²) in [5, 5.41) is 3.55. The number of hydrogen-bond acceptors (Lipinski definition) is 2. The van der Waals surface area contributed by atoms with Crippen molar-refractivity contribution in [2.24, 2.45) is 5.92 Å². The molecule has 7 heteroatoms. The molecule has 2 aromatic carbocycles. The Morgan fingerprint density at radius 2 is 2.00 bits per heavy atom. The lowest BCUT2D eigenvalue weighted by Crippen LogP contribution is -2.36. The fraction of sp³-hybridized carbons (Fsp3) is 0.316. The first-order chi connectivity index (χ1) is 12.3. The molecule has 3 nitrogen and oxygen atoms in total. The van der Waals surface area contributed by atoms with Crippen LogP contribution >= 0.6 is 23.2 Å². The highest BCUT2D eigenvalue weighted by Crippen LogP contribution is 2.54. The summed E-state index contributed by atoms with van der Waals surface area (Å²) in [4.78, 5) is 12.1. The molecule has 26 heavy (non-hydrogen) atoms. The highest BCUT2D eigenvalue weighted by atomic mass is 35.5. The van der Waals surface area contributed by atoms with Crippen LogP contribution in [0.25, 0.3) is 0 Å². The van der Waals surface area contributed by atoms with Gasteiger partial charge in [0.2, 0.25) is 0 Å². The summed E-state index contributed by atoms with van der Waals surface area (Å²) in [5.74, 6) is -1.02. The van der Waals surface area contributed by atoms with Gasteiger partial charge < -0.3 is 10.1 Å². The molecule has 3 rings (SSSR count). The number of nitrogens with one attached hydrogen (secondary N) is 1. The number of rotatable bonds is 6. The smallest absolute Gasteiger partial charge is 0.257 e. The number of amides is 1. The third-order valence-corrected chi connectivity index (χ3v) is 5.31. The van der Waals surface area contributed by atoms with Crippen molar-refractivity contribution < 1.29 is 18.3 Å². The highest BCUT2D eigenvalue weighted by Gasteiger charge is 2.53. The Morgan fingerprint density at radius 1 is 1.27 bits per heavy atom. The molecule has 0 heterocycles. The number of halogens is 4. The van der Waals surface area contributed by atoms with E-state index in [2.05, 4.69) is 5.32 Å². The molecule has 2 unspecified atom stereocenters. The Balaban J connectivity index is 1.59. The van der Waals surface area contributed by atoms with Gasteiger partial charge in [0.1, 0.15) is 17.4 Å². The van der Waals surface area contributed by atoms with Gasteiger partial charge in [0.15, 0.2) is 6.61 Å². The van der Waals surface area contributed by atoms with Gasteiger partial charge in [0.25, 0.3) is 5.91 Å². The fourth-order valence-corrected chi connectivity index (χ4v) is 3.60. The SMILES string of the molecule is CC1CC1(CNC(=O)COc1ccc(Cl)cc1Cl)c1ccc(F)cc1F. The minimum atomic E-state index is -0.619. The molecule has 0 aromatic heterocycles. The van der Waals surface area contributed by atoms with Crippen LogP contribution in [0.4, 0.5) is 8.78 Å². The van der Waals surface area contributed by atoms with Crippen molar-refractivity contribution in [1.29, 1.82) is 0 Å². The molecule has 138 valence electrons. The van der Waals surface area contributed by atoms with Gasteiger partial charge in [-0.25, -0.2) is 8.78 Å². The maximum Gasteiger partial charge on any atom is 0.257 e. The van der Waals surface area contributed by atoms with Crippen LogP contribution in [0.5, 0.6) is 5.75 Å². The van der Waals surface area contributed by atoms with Crippen LogP contribution < -0.4 is 10.1 Å². The van der Waals surface area contributed by atoms with Crippen LogP contribution in [0.15, 0.2) is 36.4 Å².